The van der Waals surface area contributed by atoms with Crippen molar-refractivity contribution in [1.82, 2.24) is 0 Å². The van der Waals surface area contributed by atoms with Gasteiger partial charge >= 0.3 is 5.97 Å². The van der Waals surface area contributed by atoms with Crippen molar-refractivity contribution in [2.24, 2.45) is 0 Å². The number of alkyl halides is 1. The zero-order chi connectivity index (χ0) is 14.3. The molecule has 0 heterocycles. The Bertz CT molecular complexity index is 282. The topological polar surface area (TPSA) is 85.2 Å². The lowest BCUT2D eigenvalue weighted by Gasteiger charge is -2.22. The minimum atomic E-state index is -2.42. The van der Waals surface area contributed by atoms with Crippen LogP contribution in [0.15, 0.2) is 0 Å². The first-order valence-corrected chi connectivity index (χ1v) is 7.00. The Morgan fingerprint density at radius 3 is 2.79 bits per heavy atom. The number of unbranched alkanes of at least 4 members (excludes halogenated alkanes) is 1. The fourth-order valence-electron chi connectivity index (χ4n) is 1.91. The zero-order valence-corrected chi connectivity index (χ0v) is 11.5. The monoisotopic (exact) mass is 298 g/mol. The molecule has 112 valence electrons. The van der Waals surface area contributed by atoms with E-state index in [1.807, 2.05) is 6.92 Å². The van der Waals surface area contributed by atoms with Crippen LogP contribution in [0.4, 0.5) is 4.39 Å². The van der Waals surface area contributed by atoms with Crippen LogP contribution in [0.2, 0.25) is 0 Å². The highest BCUT2D eigenvalue weighted by atomic mass is 32.2. The van der Waals surface area contributed by atoms with Crippen molar-refractivity contribution in [3.8, 4) is 0 Å². The van der Waals surface area contributed by atoms with Crippen LogP contribution < -0.4 is 0 Å². The third-order valence-corrected chi connectivity index (χ3v) is 3.75. The van der Waals surface area contributed by atoms with E-state index < -0.39 is 23.2 Å². The van der Waals surface area contributed by atoms with Crippen LogP contribution in [-0.4, -0.2) is 33.5 Å². The molecule has 1 aliphatic rings. The molecule has 0 spiro atoms. The van der Waals surface area contributed by atoms with Gasteiger partial charge in [0.2, 0.25) is 0 Å². The van der Waals surface area contributed by atoms with Crippen molar-refractivity contribution >= 4 is 18.0 Å². The summed E-state index contributed by atoms with van der Waals surface area (Å²) in [7, 11) is 0. The molecule has 0 aromatic rings. The first kappa shape index (κ1) is 16.6. The molecule has 1 saturated carbocycles. The Hall–Kier alpha value is -0.410. The van der Waals surface area contributed by atoms with Crippen LogP contribution in [0, 0.1) is 0 Å². The summed E-state index contributed by atoms with van der Waals surface area (Å²) < 4.78 is 23.5. The summed E-state index contributed by atoms with van der Waals surface area (Å²) in [6.07, 6.45) is 1.43. The summed E-state index contributed by atoms with van der Waals surface area (Å²) in [5.74, 6) is -1.07. The standard InChI is InChI=1S/C11H19FO6S/c1-2-3-6-11(12,19-18-17-15)10(14)16-9-5-4-8(13)7-9/h8-9,13,15H,2-7H2,1H3. The van der Waals surface area contributed by atoms with Crippen molar-refractivity contribution in [2.75, 3.05) is 0 Å². The number of esters is 1. The minimum absolute atomic E-state index is 0.0801. The van der Waals surface area contributed by atoms with Crippen molar-refractivity contribution < 1.29 is 33.7 Å². The van der Waals surface area contributed by atoms with Gasteiger partial charge in [-0.05, 0) is 19.3 Å². The Morgan fingerprint density at radius 2 is 2.26 bits per heavy atom. The maximum absolute atomic E-state index is 14.4. The number of hydrogen-bond acceptors (Lipinski definition) is 7. The van der Waals surface area contributed by atoms with Crippen LogP contribution in [0.3, 0.4) is 0 Å². The van der Waals surface area contributed by atoms with Gasteiger partial charge in [-0.3, -0.25) is 0 Å². The van der Waals surface area contributed by atoms with E-state index >= 15 is 0 Å². The summed E-state index contributed by atoms with van der Waals surface area (Å²) in [5, 5.41) is 18.3. The molecule has 0 amide bonds. The molecule has 0 aromatic heterocycles. The van der Waals surface area contributed by atoms with Gasteiger partial charge in [0.1, 0.15) is 6.10 Å². The molecular formula is C11H19FO6S. The molecule has 6 nitrogen and oxygen atoms in total. The van der Waals surface area contributed by atoms with Crippen LogP contribution in [0.25, 0.3) is 0 Å². The van der Waals surface area contributed by atoms with Gasteiger partial charge in [-0.1, -0.05) is 18.4 Å². The highest BCUT2D eigenvalue weighted by Crippen LogP contribution is 2.36. The maximum Gasteiger partial charge on any atom is 0.357 e. The second-order valence-electron chi connectivity index (χ2n) is 4.55. The second kappa shape index (κ2) is 8.01. The molecule has 3 unspecified atom stereocenters. The van der Waals surface area contributed by atoms with E-state index in [0.29, 0.717) is 32.1 Å². The van der Waals surface area contributed by atoms with Crippen molar-refractivity contribution in [2.45, 2.75) is 62.7 Å². The Labute approximate surface area is 115 Å². The molecule has 0 bridgehead atoms. The van der Waals surface area contributed by atoms with Crippen LogP contribution >= 0.6 is 12.0 Å². The largest absolute Gasteiger partial charge is 0.459 e. The first-order valence-electron chi connectivity index (χ1n) is 6.25. The molecule has 2 N–H and O–H groups in total. The second-order valence-corrected chi connectivity index (χ2v) is 5.50. The molecule has 8 heteroatoms. The zero-order valence-electron chi connectivity index (χ0n) is 10.7. The number of carbonyl (C=O) groups is 1. The maximum atomic E-state index is 14.4. The van der Waals surface area contributed by atoms with Gasteiger partial charge in [0.15, 0.2) is 0 Å². The van der Waals surface area contributed by atoms with E-state index in [4.69, 9.17) is 9.99 Å². The van der Waals surface area contributed by atoms with Gasteiger partial charge in [0.05, 0.1) is 18.1 Å². The molecule has 19 heavy (non-hydrogen) atoms. The van der Waals surface area contributed by atoms with E-state index in [0.717, 1.165) is 0 Å². The number of aliphatic hydroxyl groups is 1. The predicted octanol–water partition coefficient (Wildman–Crippen LogP) is 2.37. The summed E-state index contributed by atoms with van der Waals surface area (Å²) in [5.41, 5.74) is 0. The van der Waals surface area contributed by atoms with Gasteiger partial charge in [-0.25, -0.2) is 14.4 Å². The number of hydrogen-bond donors (Lipinski definition) is 2. The van der Waals surface area contributed by atoms with Crippen molar-refractivity contribution in [1.29, 1.82) is 0 Å². The molecule has 0 aliphatic heterocycles. The van der Waals surface area contributed by atoms with Crippen LogP contribution in [0.1, 0.15) is 45.4 Å². The van der Waals surface area contributed by atoms with Gasteiger partial charge in [-0.15, -0.1) is 4.33 Å². The highest BCUT2D eigenvalue weighted by Gasteiger charge is 2.44. The van der Waals surface area contributed by atoms with Crippen molar-refractivity contribution in [3.05, 3.63) is 0 Å². The lowest BCUT2D eigenvalue weighted by molar-refractivity contribution is -0.432. The molecule has 0 saturated heterocycles. The molecule has 3 atom stereocenters. The first-order chi connectivity index (χ1) is 9.01. The fraction of sp³-hybridized carbons (Fsp3) is 0.909. The summed E-state index contributed by atoms with van der Waals surface area (Å²) >= 11 is 0.0801. The van der Waals surface area contributed by atoms with Gasteiger partial charge < -0.3 is 9.84 Å². The average molecular weight is 298 g/mol. The molecule has 1 aliphatic carbocycles. The summed E-state index contributed by atoms with van der Waals surface area (Å²) in [6.45, 7) is 1.85. The molecule has 1 rings (SSSR count). The molecular weight excluding hydrogens is 279 g/mol. The minimum Gasteiger partial charge on any atom is -0.459 e. The van der Waals surface area contributed by atoms with Gasteiger partial charge in [-0.2, -0.15) is 0 Å². The molecule has 1 fully saturated rings. The lowest BCUT2D eigenvalue weighted by Crippen LogP contribution is -2.35. The van der Waals surface area contributed by atoms with E-state index in [1.54, 1.807) is 0 Å². The van der Waals surface area contributed by atoms with Crippen LogP contribution in [0.5, 0.6) is 0 Å². The lowest BCUT2D eigenvalue weighted by atomic mass is 10.2. The number of halogens is 1. The van der Waals surface area contributed by atoms with E-state index in [-0.39, 0.29) is 18.5 Å². The Kier molecular flexibility index (Phi) is 7.01. The summed E-state index contributed by atoms with van der Waals surface area (Å²) in [6, 6.07) is 0. The quantitative estimate of drug-likeness (QED) is 0.308. The Morgan fingerprint density at radius 1 is 1.53 bits per heavy atom. The summed E-state index contributed by atoms with van der Waals surface area (Å²) in [4.78, 5) is 11.8. The SMILES string of the molecule is CCCCC(F)(SOOO)C(=O)OC1CCC(O)C1. The molecule has 0 radical (unpaired) electrons. The van der Waals surface area contributed by atoms with E-state index in [1.165, 1.54) is 0 Å². The van der Waals surface area contributed by atoms with Crippen LogP contribution in [-0.2, 0) is 18.9 Å². The normalized spacial score (nSPS) is 26.1. The number of aliphatic hydroxyl groups excluding tert-OH is 1. The Balaban J connectivity index is 2.54. The van der Waals surface area contributed by atoms with Gasteiger partial charge in [0.25, 0.3) is 5.00 Å². The van der Waals surface area contributed by atoms with E-state index in [2.05, 4.69) is 9.37 Å². The van der Waals surface area contributed by atoms with Crippen molar-refractivity contribution in [3.63, 3.8) is 0 Å². The smallest absolute Gasteiger partial charge is 0.357 e. The number of ether oxygens (including phenoxy) is 1. The predicted molar refractivity (Wildman–Crippen MR) is 65.5 cm³/mol. The highest BCUT2D eigenvalue weighted by molar-refractivity contribution is 7.96. The average Bonchev–Trinajstić information content (AvgIpc) is 2.79. The van der Waals surface area contributed by atoms with Gasteiger partial charge in [0, 0.05) is 12.8 Å². The molecule has 0 aromatic carbocycles. The third kappa shape index (κ3) is 5.23. The fourth-order valence-corrected chi connectivity index (χ4v) is 2.40. The van der Waals surface area contributed by atoms with E-state index in [9.17, 15) is 14.3 Å². The third-order valence-electron chi connectivity index (χ3n) is 2.98. The number of rotatable bonds is 8. The number of carbonyl (C=O) groups excluding carboxylic acids is 1.